The van der Waals surface area contributed by atoms with E-state index in [2.05, 4.69) is 48.6 Å². The third-order valence-corrected chi connectivity index (χ3v) is 5.52. The number of carbonyl (C=O) groups excluding carboxylic acids is 1. The van der Waals surface area contributed by atoms with E-state index in [-0.39, 0.29) is 17.9 Å². The number of carbonyl (C=O) groups is 1. The normalized spacial score (nSPS) is 24.2. The van der Waals surface area contributed by atoms with Gasteiger partial charge in [0.15, 0.2) is 0 Å². The first kappa shape index (κ1) is 14.5. The number of nitrogens with one attached hydrogen (secondary N) is 2. The second kappa shape index (κ2) is 5.24. The van der Waals surface area contributed by atoms with Gasteiger partial charge >= 0.3 is 0 Å². The molecule has 0 fully saturated rings. The fraction of sp³-hybridized carbons (Fsp3) is 0.421. The van der Waals surface area contributed by atoms with Crippen LogP contribution in [-0.2, 0) is 11.2 Å². The molecule has 2 aliphatic rings. The standard InChI is InChI=1S/C19H23N3O/c1-3-10(2)13-4-5-15-17-11(8-21-15)7-16-14(18(13)17)6-12(9-22-16)19(20)23/h4-6,8,10,12,16,21-22H,3,7,9H2,1-2H3,(H2,20,23). The van der Waals surface area contributed by atoms with Crippen LogP contribution in [-0.4, -0.2) is 23.5 Å². The summed E-state index contributed by atoms with van der Waals surface area (Å²) in [6, 6.07) is 4.71. The average molecular weight is 309 g/mol. The molecule has 1 aliphatic heterocycles. The highest BCUT2D eigenvalue weighted by atomic mass is 16.1. The van der Waals surface area contributed by atoms with Gasteiger partial charge in [-0.25, -0.2) is 0 Å². The van der Waals surface area contributed by atoms with Crippen LogP contribution in [0.25, 0.3) is 16.5 Å². The van der Waals surface area contributed by atoms with Gasteiger partial charge in [-0.15, -0.1) is 0 Å². The minimum atomic E-state index is -0.249. The van der Waals surface area contributed by atoms with E-state index < -0.39 is 0 Å². The molecule has 2 aromatic rings. The Morgan fingerprint density at radius 2 is 2.26 bits per heavy atom. The number of rotatable bonds is 3. The van der Waals surface area contributed by atoms with E-state index >= 15 is 0 Å². The third kappa shape index (κ3) is 2.12. The summed E-state index contributed by atoms with van der Waals surface area (Å²) in [6.45, 7) is 5.13. The van der Waals surface area contributed by atoms with Gasteiger partial charge in [-0.3, -0.25) is 4.79 Å². The van der Waals surface area contributed by atoms with Crippen molar-refractivity contribution in [2.45, 2.75) is 38.6 Å². The fourth-order valence-corrected chi connectivity index (χ4v) is 4.03. The number of hydrogen-bond acceptors (Lipinski definition) is 2. The van der Waals surface area contributed by atoms with Gasteiger partial charge in [0.1, 0.15) is 0 Å². The third-order valence-electron chi connectivity index (χ3n) is 5.52. The van der Waals surface area contributed by atoms with Crippen LogP contribution >= 0.6 is 0 Å². The van der Waals surface area contributed by atoms with Crippen molar-refractivity contribution in [1.29, 1.82) is 0 Å². The van der Waals surface area contributed by atoms with Crippen LogP contribution in [0.15, 0.2) is 24.4 Å². The number of hydrogen-bond donors (Lipinski definition) is 3. The molecule has 0 radical (unpaired) electrons. The van der Waals surface area contributed by atoms with E-state index in [9.17, 15) is 4.79 Å². The molecule has 4 heteroatoms. The lowest BCUT2D eigenvalue weighted by atomic mass is 9.76. The highest BCUT2D eigenvalue weighted by Crippen LogP contribution is 2.42. The Morgan fingerprint density at radius 3 is 3.00 bits per heavy atom. The SMILES string of the molecule is CCC(C)c1ccc2[nH]cc3c2c1C1=CC(C(N)=O)CNC1C3. The zero-order valence-electron chi connectivity index (χ0n) is 13.6. The van der Waals surface area contributed by atoms with Gasteiger partial charge in [-0.2, -0.15) is 0 Å². The Balaban J connectivity index is 1.99. The summed E-state index contributed by atoms with van der Waals surface area (Å²) in [7, 11) is 0. The van der Waals surface area contributed by atoms with Crippen molar-refractivity contribution >= 4 is 22.4 Å². The van der Waals surface area contributed by atoms with Crippen LogP contribution in [0.2, 0.25) is 0 Å². The molecule has 2 heterocycles. The van der Waals surface area contributed by atoms with Crippen molar-refractivity contribution < 1.29 is 4.79 Å². The zero-order valence-corrected chi connectivity index (χ0v) is 13.6. The second-order valence-corrected chi connectivity index (χ2v) is 6.87. The second-order valence-electron chi connectivity index (χ2n) is 6.87. The minimum Gasteiger partial charge on any atom is -0.369 e. The largest absolute Gasteiger partial charge is 0.369 e. The summed E-state index contributed by atoms with van der Waals surface area (Å²) >= 11 is 0. The zero-order chi connectivity index (χ0) is 16.1. The van der Waals surface area contributed by atoms with E-state index in [1.54, 1.807) is 0 Å². The highest BCUT2D eigenvalue weighted by Gasteiger charge is 2.33. The van der Waals surface area contributed by atoms with Crippen molar-refractivity contribution in [3.8, 4) is 0 Å². The van der Waals surface area contributed by atoms with Crippen LogP contribution < -0.4 is 11.1 Å². The summed E-state index contributed by atoms with van der Waals surface area (Å²) in [6.07, 6.45) is 6.31. The maximum Gasteiger partial charge on any atom is 0.225 e. The smallest absolute Gasteiger partial charge is 0.225 e. The lowest BCUT2D eigenvalue weighted by Crippen LogP contribution is -2.44. The molecule has 3 atom stereocenters. The number of H-pyrrole nitrogens is 1. The van der Waals surface area contributed by atoms with Crippen molar-refractivity contribution in [2.24, 2.45) is 11.7 Å². The molecule has 0 saturated carbocycles. The van der Waals surface area contributed by atoms with Crippen LogP contribution in [0.4, 0.5) is 0 Å². The molecule has 4 rings (SSSR count). The highest BCUT2D eigenvalue weighted by molar-refractivity contribution is 6.00. The summed E-state index contributed by atoms with van der Waals surface area (Å²) < 4.78 is 0. The molecule has 0 saturated heterocycles. The number of primary amides is 1. The number of benzene rings is 1. The molecule has 1 aliphatic carbocycles. The number of amides is 1. The molecule has 4 nitrogen and oxygen atoms in total. The molecule has 120 valence electrons. The molecule has 0 spiro atoms. The average Bonchev–Trinajstić information content (AvgIpc) is 2.98. The number of fused-ring (bicyclic) bond motifs is 2. The van der Waals surface area contributed by atoms with Crippen LogP contribution in [0, 0.1) is 5.92 Å². The first-order valence-electron chi connectivity index (χ1n) is 8.47. The first-order chi connectivity index (χ1) is 11.1. The predicted molar refractivity (Wildman–Crippen MR) is 93.2 cm³/mol. The van der Waals surface area contributed by atoms with E-state index in [0.29, 0.717) is 12.5 Å². The monoisotopic (exact) mass is 309 g/mol. The Bertz CT molecular complexity index is 817. The molecule has 23 heavy (non-hydrogen) atoms. The van der Waals surface area contributed by atoms with Crippen LogP contribution in [0.1, 0.15) is 42.9 Å². The van der Waals surface area contributed by atoms with Crippen molar-refractivity contribution in [3.05, 3.63) is 41.1 Å². The van der Waals surface area contributed by atoms with Gasteiger partial charge in [-0.1, -0.05) is 26.0 Å². The summed E-state index contributed by atoms with van der Waals surface area (Å²) in [5.41, 5.74) is 12.1. The van der Waals surface area contributed by atoms with Gasteiger partial charge in [0.2, 0.25) is 5.91 Å². The molecular weight excluding hydrogens is 286 g/mol. The van der Waals surface area contributed by atoms with Crippen LogP contribution in [0.5, 0.6) is 0 Å². The maximum absolute atomic E-state index is 11.7. The number of aromatic nitrogens is 1. The van der Waals surface area contributed by atoms with Gasteiger partial charge < -0.3 is 16.0 Å². The van der Waals surface area contributed by atoms with E-state index in [0.717, 1.165) is 12.8 Å². The van der Waals surface area contributed by atoms with Gasteiger partial charge in [0.05, 0.1) is 5.92 Å². The lowest BCUT2D eigenvalue weighted by molar-refractivity contribution is -0.120. The maximum atomic E-state index is 11.7. The topological polar surface area (TPSA) is 70.9 Å². The molecule has 3 unspecified atom stereocenters. The van der Waals surface area contributed by atoms with Crippen LogP contribution in [0.3, 0.4) is 0 Å². The van der Waals surface area contributed by atoms with Crippen molar-refractivity contribution in [3.63, 3.8) is 0 Å². The Hall–Kier alpha value is -2.07. The van der Waals surface area contributed by atoms with Crippen molar-refractivity contribution in [1.82, 2.24) is 10.3 Å². The molecule has 1 aromatic heterocycles. The van der Waals surface area contributed by atoms with Gasteiger partial charge in [0.25, 0.3) is 0 Å². The minimum absolute atomic E-state index is 0.221. The molecule has 4 N–H and O–H groups in total. The predicted octanol–water partition coefficient (Wildman–Crippen LogP) is 2.69. The summed E-state index contributed by atoms with van der Waals surface area (Å²) in [5.74, 6) is 0.0214. The van der Waals surface area contributed by atoms with Gasteiger partial charge in [0, 0.05) is 29.7 Å². The number of nitrogens with two attached hydrogens (primary N) is 1. The molecule has 1 amide bonds. The Kier molecular flexibility index (Phi) is 3.31. The van der Waals surface area contributed by atoms with Gasteiger partial charge in [-0.05, 0) is 47.1 Å². The van der Waals surface area contributed by atoms with Crippen molar-refractivity contribution in [2.75, 3.05) is 6.54 Å². The quantitative estimate of drug-likeness (QED) is 0.816. The lowest BCUT2D eigenvalue weighted by Gasteiger charge is -2.34. The molecular formula is C19H23N3O. The molecule has 1 aromatic carbocycles. The Morgan fingerprint density at radius 1 is 1.43 bits per heavy atom. The summed E-state index contributed by atoms with van der Waals surface area (Å²) in [5, 5.41) is 4.86. The van der Waals surface area contributed by atoms with E-state index in [4.69, 9.17) is 5.73 Å². The summed E-state index contributed by atoms with van der Waals surface area (Å²) in [4.78, 5) is 15.1. The fourth-order valence-electron chi connectivity index (χ4n) is 4.03. The number of aromatic amines is 1. The molecule has 0 bridgehead atoms. The van der Waals surface area contributed by atoms with E-state index in [1.807, 2.05) is 0 Å². The van der Waals surface area contributed by atoms with E-state index in [1.165, 1.54) is 33.2 Å². The Labute approximate surface area is 136 Å². The first-order valence-corrected chi connectivity index (χ1v) is 8.47.